The molecule has 0 aromatic carbocycles. The predicted octanol–water partition coefficient (Wildman–Crippen LogP) is 0.982. The van der Waals surface area contributed by atoms with Gasteiger partial charge in [0.25, 0.3) is 0 Å². The van der Waals surface area contributed by atoms with Crippen LogP contribution in [0.2, 0.25) is 0 Å². The summed E-state index contributed by atoms with van der Waals surface area (Å²) in [6.07, 6.45) is 3.61. The molecule has 0 radical (unpaired) electrons. The van der Waals surface area contributed by atoms with Crippen molar-refractivity contribution in [1.29, 1.82) is 0 Å². The quantitative estimate of drug-likeness (QED) is 0.560. The molecular formula is C12H14O6. The van der Waals surface area contributed by atoms with E-state index in [-0.39, 0.29) is 18.6 Å². The van der Waals surface area contributed by atoms with Crippen molar-refractivity contribution in [3.05, 3.63) is 23.8 Å². The zero-order valence-corrected chi connectivity index (χ0v) is 9.88. The highest BCUT2D eigenvalue weighted by atomic mass is 16.5. The number of carbonyl (C=O) groups excluding carboxylic acids is 1. The van der Waals surface area contributed by atoms with Crippen molar-refractivity contribution in [2.75, 3.05) is 6.61 Å². The van der Waals surface area contributed by atoms with E-state index in [1.807, 2.05) is 0 Å². The molecule has 6 heteroatoms. The molecule has 18 heavy (non-hydrogen) atoms. The summed E-state index contributed by atoms with van der Waals surface area (Å²) in [7, 11) is 0. The Morgan fingerprint density at radius 2 is 2.06 bits per heavy atom. The van der Waals surface area contributed by atoms with Gasteiger partial charge in [-0.2, -0.15) is 0 Å². The molecule has 1 atom stereocenters. The molecule has 0 fully saturated rings. The summed E-state index contributed by atoms with van der Waals surface area (Å²) < 4.78 is 4.70. The topological polar surface area (TPSA) is 101 Å². The van der Waals surface area contributed by atoms with Gasteiger partial charge in [-0.3, -0.25) is 9.59 Å². The Kier molecular flexibility index (Phi) is 4.25. The van der Waals surface area contributed by atoms with E-state index < -0.39 is 29.7 Å². The Balaban J connectivity index is 3.04. The Labute approximate surface area is 104 Å². The summed E-state index contributed by atoms with van der Waals surface area (Å²) >= 11 is 0. The number of esters is 1. The maximum Gasteiger partial charge on any atom is 0.331 e. The first-order valence-electron chi connectivity index (χ1n) is 5.43. The molecule has 0 heterocycles. The number of carboxylic acid groups (broad SMARTS) is 2. The standard InChI is InChI=1S/C12H14O6/c1-2-18-9(13)7-12(11(16)17)5-3-4-8(6-12)10(14)15/h3,5-6H,2,4,7H2,1H3,(H,14,15)(H,16,17). The minimum atomic E-state index is -1.63. The zero-order valence-electron chi connectivity index (χ0n) is 9.88. The first-order valence-corrected chi connectivity index (χ1v) is 5.43. The predicted molar refractivity (Wildman–Crippen MR) is 60.8 cm³/mol. The van der Waals surface area contributed by atoms with E-state index in [9.17, 15) is 19.5 Å². The first-order chi connectivity index (χ1) is 8.41. The second-order valence-electron chi connectivity index (χ2n) is 3.91. The third-order valence-corrected chi connectivity index (χ3v) is 2.60. The van der Waals surface area contributed by atoms with Crippen LogP contribution in [0.5, 0.6) is 0 Å². The highest BCUT2D eigenvalue weighted by Crippen LogP contribution is 2.33. The number of allylic oxidation sites excluding steroid dienone is 1. The number of aliphatic carboxylic acids is 2. The molecule has 0 aromatic heterocycles. The van der Waals surface area contributed by atoms with Gasteiger partial charge in [-0.25, -0.2) is 4.79 Å². The van der Waals surface area contributed by atoms with Crippen molar-refractivity contribution in [1.82, 2.24) is 0 Å². The summed E-state index contributed by atoms with van der Waals surface area (Å²) in [6.45, 7) is 1.76. The summed E-state index contributed by atoms with van der Waals surface area (Å²) in [6, 6.07) is 0. The maximum absolute atomic E-state index is 11.4. The zero-order chi connectivity index (χ0) is 13.8. The van der Waals surface area contributed by atoms with Crippen LogP contribution in [-0.2, 0) is 19.1 Å². The third kappa shape index (κ3) is 2.97. The van der Waals surface area contributed by atoms with Gasteiger partial charge in [0.15, 0.2) is 0 Å². The summed E-state index contributed by atoms with van der Waals surface area (Å²) in [4.78, 5) is 33.6. The second kappa shape index (κ2) is 5.48. The average Bonchev–Trinajstić information content (AvgIpc) is 2.29. The fourth-order valence-corrected chi connectivity index (χ4v) is 1.73. The summed E-state index contributed by atoms with van der Waals surface area (Å²) in [5, 5.41) is 18.1. The van der Waals surface area contributed by atoms with Gasteiger partial charge < -0.3 is 14.9 Å². The molecule has 0 aliphatic heterocycles. The van der Waals surface area contributed by atoms with E-state index in [1.54, 1.807) is 6.92 Å². The van der Waals surface area contributed by atoms with Crippen LogP contribution < -0.4 is 0 Å². The van der Waals surface area contributed by atoms with Crippen LogP contribution in [0.3, 0.4) is 0 Å². The Morgan fingerprint density at radius 1 is 1.39 bits per heavy atom. The molecule has 98 valence electrons. The van der Waals surface area contributed by atoms with E-state index in [0.29, 0.717) is 0 Å². The van der Waals surface area contributed by atoms with Crippen LogP contribution in [0.1, 0.15) is 19.8 Å². The van der Waals surface area contributed by atoms with Crippen LogP contribution in [0.25, 0.3) is 0 Å². The minimum absolute atomic E-state index is 0.0378. The van der Waals surface area contributed by atoms with Gasteiger partial charge >= 0.3 is 17.9 Å². The number of ether oxygens (including phenoxy) is 1. The van der Waals surface area contributed by atoms with E-state index in [0.717, 1.165) is 6.08 Å². The third-order valence-electron chi connectivity index (χ3n) is 2.60. The SMILES string of the molecule is CCOC(=O)CC1(C(=O)O)C=CCC(C(=O)O)=C1. The molecule has 0 saturated carbocycles. The molecule has 1 aliphatic carbocycles. The van der Waals surface area contributed by atoms with Crippen molar-refractivity contribution in [3.63, 3.8) is 0 Å². The van der Waals surface area contributed by atoms with Crippen LogP contribution >= 0.6 is 0 Å². The fourth-order valence-electron chi connectivity index (χ4n) is 1.73. The van der Waals surface area contributed by atoms with Crippen molar-refractivity contribution in [3.8, 4) is 0 Å². The number of carboxylic acids is 2. The monoisotopic (exact) mass is 254 g/mol. The molecule has 1 unspecified atom stereocenters. The lowest BCUT2D eigenvalue weighted by Crippen LogP contribution is -2.32. The molecule has 1 rings (SSSR count). The second-order valence-corrected chi connectivity index (χ2v) is 3.91. The largest absolute Gasteiger partial charge is 0.480 e. The highest BCUT2D eigenvalue weighted by molar-refractivity contribution is 5.92. The van der Waals surface area contributed by atoms with Crippen LogP contribution in [-0.4, -0.2) is 34.7 Å². The molecule has 0 bridgehead atoms. The summed E-state index contributed by atoms with van der Waals surface area (Å²) in [5.41, 5.74) is -1.66. The van der Waals surface area contributed by atoms with Crippen LogP contribution in [0.15, 0.2) is 23.8 Å². The lowest BCUT2D eigenvalue weighted by atomic mass is 9.78. The Bertz CT molecular complexity index is 434. The van der Waals surface area contributed by atoms with E-state index in [1.165, 1.54) is 12.2 Å². The maximum atomic E-state index is 11.4. The lowest BCUT2D eigenvalue weighted by molar-refractivity contribution is -0.153. The number of hydrogen-bond donors (Lipinski definition) is 2. The van der Waals surface area contributed by atoms with Gasteiger partial charge in [0.1, 0.15) is 5.41 Å². The number of rotatable bonds is 5. The van der Waals surface area contributed by atoms with Gasteiger partial charge in [-0.05, 0) is 13.3 Å². The Morgan fingerprint density at radius 3 is 2.56 bits per heavy atom. The molecule has 1 aliphatic rings. The smallest absolute Gasteiger partial charge is 0.331 e. The van der Waals surface area contributed by atoms with Gasteiger partial charge in [0.05, 0.1) is 13.0 Å². The van der Waals surface area contributed by atoms with E-state index in [4.69, 9.17) is 9.84 Å². The van der Waals surface area contributed by atoms with Crippen molar-refractivity contribution in [2.45, 2.75) is 19.8 Å². The number of hydrogen-bond acceptors (Lipinski definition) is 4. The average molecular weight is 254 g/mol. The molecule has 2 N–H and O–H groups in total. The molecule has 0 spiro atoms. The molecule has 0 saturated heterocycles. The van der Waals surface area contributed by atoms with Crippen LogP contribution in [0, 0.1) is 5.41 Å². The van der Waals surface area contributed by atoms with E-state index in [2.05, 4.69) is 0 Å². The number of carbonyl (C=O) groups is 3. The molecule has 6 nitrogen and oxygen atoms in total. The fraction of sp³-hybridized carbons (Fsp3) is 0.417. The van der Waals surface area contributed by atoms with Crippen molar-refractivity contribution in [2.24, 2.45) is 5.41 Å². The van der Waals surface area contributed by atoms with Gasteiger partial charge in [-0.1, -0.05) is 18.2 Å². The minimum Gasteiger partial charge on any atom is -0.480 e. The Hall–Kier alpha value is -2.11. The molecule has 0 aromatic rings. The highest BCUT2D eigenvalue weighted by Gasteiger charge is 2.39. The van der Waals surface area contributed by atoms with Crippen LogP contribution in [0.4, 0.5) is 0 Å². The molecule has 0 amide bonds. The first kappa shape index (κ1) is 14.0. The van der Waals surface area contributed by atoms with Gasteiger partial charge in [-0.15, -0.1) is 0 Å². The lowest BCUT2D eigenvalue weighted by Gasteiger charge is -2.24. The normalized spacial score (nSPS) is 22.2. The van der Waals surface area contributed by atoms with Gasteiger partial charge in [0.2, 0.25) is 0 Å². The molecular weight excluding hydrogens is 240 g/mol. The van der Waals surface area contributed by atoms with E-state index >= 15 is 0 Å². The van der Waals surface area contributed by atoms with Crippen molar-refractivity contribution < 1.29 is 29.3 Å². The van der Waals surface area contributed by atoms with Gasteiger partial charge in [0, 0.05) is 5.57 Å². The van der Waals surface area contributed by atoms with Crippen molar-refractivity contribution >= 4 is 17.9 Å². The summed E-state index contributed by atoms with van der Waals surface area (Å²) in [5.74, 6) is -3.13.